The zero-order valence-electron chi connectivity index (χ0n) is 12.5. The van der Waals surface area contributed by atoms with E-state index in [2.05, 4.69) is 10.2 Å². The van der Waals surface area contributed by atoms with Crippen LogP contribution in [0.2, 0.25) is 0 Å². The van der Waals surface area contributed by atoms with Gasteiger partial charge in [0.25, 0.3) is 0 Å². The van der Waals surface area contributed by atoms with E-state index in [1.807, 2.05) is 30.3 Å². The molecule has 6 heteroatoms. The molecule has 0 aromatic heterocycles. The molecule has 0 bridgehead atoms. The number of aliphatic carboxylic acids is 1. The monoisotopic (exact) mass is 306 g/mol. The Kier molecular flexibility index (Phi) is 6.21. The fourth-order valence-electron chi connectivity index (χ4n) is 2.48. The summed E-state index contributed by atoms with van der Waals surface area (Å²) in [5.41, 5.74) is 0.863. The van der Waals surface area contributed by atoms with Gasteiger partial charge in [0, 0.05) is 6.54 Å². The molecule has 1 fully saturated rings. The molecule has 0 spiro atoms. The summed E-state index contributed by atoms with van der Waals surface area (Å²) in [6.45, 7) is 2.82. The second kappa shape index (κ2) is 8.38. The molecule has 6 nitrogen and oxygen atoms in total. The van der Waals surface area contributed by atoms with Crippen LogP contribution in [0.1, 0.15) is 24.8 Å². The van der Waals surface area contributed by atoms with Crippen LogP contribution in [0.5, 0.6) is 0 Å². The van der Waals surface area contributed by atoms with Gasteiger partial charge in [-0.25, -0.2) is 9.59 Å². The summed E-state index contributed by atoms with van der Waals surface area (Å²) in [5.74, 6) is -1.03. The number of benzene rings is 1. The van der Waals surface area contributed by atoms with Crippen molar-refractivity contribution >= 4 is 12.1 Å². The van der Waals surface area contributed by atoms with Gasteiger partial charge in [-0.2, -0.15) is 0 Å². The van der Waals surface area contributed by atoms with E-state index >= 15 is 0 Å². The molecule has 120 valence electrons. The Labute approximate surface area is 130 Å². The summed E-state index contributed by atoms with van der Waals surface area (Å²) in [7, 11) is 0. The number of carboxylic acids is 1. The Balaban J connectivity index is 1.74. The molecule has 1 aliphatic rings. The molecule has 0 aliphatic carbocycles. The van der Waals surface area contributed by atoms with Crippen molar-refractivity contribution in [3.63, 3.8) is 0 Å². The highest BCUT2D eigenvalue weighted by Gasteiger charge is 2.22. The zero-order chi connectivity index (χ0) is 15.8. The minimum atomic E-state index is -1.03. The van der Waals surface area contributed by atoms with Crippen LogP contribution in [0.15, 0.2) is 30.3 Å². The highest BCUT2D eigenvalue weighted by molar-refractivity contribution is 5.79. The van der Waals surface area contributed by atoms with Crippen LogP contribution in [-0.2, 0) is 16.1 Å². The number of carbonyl (C=O) groups excluding carboxylic acids is 1. The topological polar surface area (TPSA) is 78.9 Å². The first-order valence-electron chi connectivity index (χ1n) is 7.57. The molecule has 1 saturated heterocycles. The molecule has 1 atom stereocenters. The second-order valence-corrected chi connectivity index (χ2v) is 5.43. The van der Waals surface area contributed by atoms with Crippen LogP contribution >= 0.6 is 0 Å². The SMILES string of the molecule is O=C(NC(CCN1CCCC1)C(=O)O)OCc1ccccc1. The first-order chi connectivity index (χ1) is 10.6. The fourth-order valence-corrected chi connectivity index (χ4v) is 2.48. The van der Waals surface area contributed by atoms with E-state index in [9.17, 15) is 14.7 Å². The summed E-state index contributed by atoms with van der Waals surface area (Å²) in [5, 5.41) is 11.6. The van der Waals surface area contributed by atoms with Crippen molar-refractivity contribution < 1.29 is 19.4 Å². The summed E-state index contributed by atoms with van der Waals surface area (Å²) in [6, 6.07) is 8.36. The van der Waals surface area contributed by atoms with E-state index in [1.54, 1.807) is 0 Å². The zero-order valence-corrected chi connectivity index (χ0v) is 12.5. The van der Waals surface area contributed by atoms with Gasteiger partial charge in [-0.15, -0.1) is 0 Å². The lowest BCUT2D eigenvalue weighted by Gasteiger charge is -2.19. The summed E-state index contributed by atoms with van der Waals surface area (Å²) < 4.78 is 5.05. The summed E-state index contributed by atoms with van der Waals surface area (Å²) in [4.78, 5) is 25.2. The molecule has 0 radical (unpaired) electrons. The number of ether oxygens (including phenoxy) is 1. The third-order valence-corrected chi connectivity index (χ3v) is 3.74. The number of amides is 1. The number of hydrogen-bond acceptors (Lipinski definition) is 4. The molecule has 1 amide bonds. The highest BCUT2D eigenvalue weighted by Crippen LogP contribution is 2.09. The average Bonchev–Trinajstić information content (AvgIpc) is 3.03. The van der Waals surface area contributed by atoms with Crippen molar-refractivity contribution in [1.29, 1.82) is 0 Å². The van der Waals surface area contributed by atoms with Gasteiger partial charge in [0.05, 0.1) is 0 Å². The Hall–Kier alpha value is -2.08. The van der Waals surface area contributed by atoms with Gasteiger partial charge in [0.1, 0.15) is 12.6 Å². The predicted octanol–water partition coefficient (Wildman–Crippen LogP) is 1.85. The predicted molar refractivity (Wildman–Crippen MR) is 81.5 cm³/mol. The van der Waals surface area contributed by atoms with E-state index in [4.69, 9.17) is 4.74 Å². The second-order valence-electron chi connectivity index (χ2n) is 5.43. The van der Waals surface area contributed by atoms with Gasteiger partial charge in [0.2, 0.25) is 0 Å². The van der Waals surface area contributed by atoms with Gasteiger partial charge in [-0.3, -0.25) is 0 Å². The Morgan fingerprint density at radius 1 is 1.23 bits per heavy atom. The van der Waals surface area contributed by atoms with Gasteiger partial charge < -0.3 is 20.1 Å². The number of carbonyl (C=O) groups is 2. The molecule has 0 saturated carbocycles. The number of carboxylic acid groups (broad SMARTS) is 1. The fraction of sp³-hybridized carbons (Fsp3) is 0.500. The van der Waals surface area contributed by atoms with Crippen molar-refractivity contribution in [3.8, 4) is 0 Å². The van der Waals surface area contributed by atoms with Gasteiger partial charge in [-0.05, 0) is 37.9 Å². The van der Waals surface area contributed by atoms with Gasteiger partial charge >= 0.3 is 12.1 Å². The molecule has 1 unspecified atom stereocenters. The average molecular weight is 306 g/mol. The molecule has 1 aromatic rings. The van der Waals surface area contributed by atoms with Crippen LogP contribution in [0.25, 0.3) is 0 Å². The van der Waals surface area contributed by atoms with Crippen molar-refractivity contribution in [2.24, 2.45) is 0 Å². The van der Waals surface area contributed by atoms with Crippen molar-refractivity contribution in [1.82, 2.24) is 10.2 Å². The lowest BCUT2D eigenvalue weighted by Crippen LogP contribution is -2.43. The Morgan fingerprint density at radius 3 is 2.55 bits per heavy atom. The molecular formula is C16H22N2O4. The molecule has 1 aromatic carbocycles. The normalized spacial score (nSPS) is 16.2. The number of rotatable bonds is 7. The van der Waals surface area contributed by atoms with Gasteiger partial charge in [-0.1, -0.05) is 30.3 Å². The first-order valence-corrected chi connectivity index (χ1v) is 7.57. The van der Waals surface area contributed by atoms with Crippen LogP contribution in [0, 0.1) is 0 Å². The largest absolute Gasteiger partial charge is 0.480 e. The third-order valence-electron chi connectivity index (χ3n) is 3.74. The lowest BCUT2D eigenvalue weighted by atomic mass is 10.2. The van der Waals surface area contributed by atoms with E-state index in [0.717, 1.165) is 31.5 Å². The maximum absolute atomic E-state index is 11.7. The molecule has 22 heavy (non-hydrogen) atoms. The molecule has 1 aliphatic heterocycles. The number of nitrogens with zero attached hydrogens (tertiary/aromatic N) is 1. The number of alkyl carbamates (subject to hydrolysis) is 1. The number of likely N-dealkylation sites (tertiary alicyclic amines) is 1. The number of nitrogens with one attached hydrogen (secondary N) is 1. The molecule has 2 rings (SSSR count). The Bertz CT molecular complexity index is 486. The smallest absolute Gasteiger partial charge is 0.408 e. The van der Waals surface area contributed by atoms with Crippen molar-refractivity contribution in [2.75, 3.05) is 19.6 Å². The molecular weight excluding hydrogens is 284 g/mol. The van der Waals surface area contributed by atoms with Crippen LogP contribution in [0.3, 0.4) is 0 Å². The summed E-state index contributed by atoms with van der Waals surface area (Å²) >= 11 is 0. The van der Waals surface area contributed by atoms with Crippen molar-refractivity contribution in [2.45, 2.75) is 31.9 Å². The van der Waals surface area contributed by atoms with E-state index in [0.29, 0.717) is 13.0 Å². The minimum Gasteiger partial charge on any atom is -0.480 e. The van der Waals surface area contributed by atoms with Crippen LogP contribution in [0.4, 0.5) is 4.79 Å². The van der Waals surface area contributed by atoms with Gasteiger partial charge in [0.15, 0.2) is 0 Å². The maximum Gasteiger partial charge on any atom is 0.408 e. The molecule has 2 N–H and O–H groups in total. The Morgan fingerprint density at radius 2 is 1.91 bits per heavy atom. The third kappa shape index (κ3) is 5.37. The quantitative estimate of drug-likeness (QED) is 0.804. The maximum atomic E-state index is 11.7. The van der Waals surface area contributed by atoms with E-state index in [-0.39, 0.29) is 6.61 Å². The van der Waals surface area contributed by atoms with E-state index in [1.165, 1.54) is 0 Å². The first kappa shape index (κ1) is 16.3. The summed E-state index contributed by atoms with van der Waals surface area (Å²) in [6.07, 6.45) is 2.00. The van der Waals surface area contributed by atoms with Crippen LogP contribution < -0.4 is 5.32 Å². The van der Waals surface area contributed by atoms with Crippen LogP contribution in [-0.4, -0.2) is 47.7 Å². The number of hydrogen-bond donors (Lipinski definition) is 2. The highest BCUT2D eigenvalue weighted by atomic mass is 16.5. The lowest BCUT2D eigenvalue weighted by molar-refractivity contribution is -0.139. The standard InChI is InChI=1S/C16H22N2O4/c19-15(20)14(8-11-18-9-4-5-10-18)17-16(21)22-12-13-6-2-1-3-7-13/h1-3,6-7,14H,4-5,8-12H2,(H,17,21)(H,19,20). The van der Waals surface area contributed by atoms with Crippen molar-refractivity contribution in [3.05, 3.63) is 35.9 Å². The minimum absolute atomic E-state index is 0.130. The molecule has 1 heterocycles. The van der Waals surface area contributed by atoms with E-state index < -0.39 is 18.1 Å².